The Morgan fingerprint density at radius 2 is 2.15 bits per heavy atom. The van der Waals surface area contributed by atoms with E-state index in [1.54, 1.807) is 0 Å². The topological polar surface area (TPSA) is 89.9 Å². The summed E-state index contributed by atoms with van der Waals surface area (Å²) in [7, 11) is 0. The van der Waals surface area contributed by atoms with Crippen molar-refractivity contribution < 1.29 is 24.2 Å². The van der Waals surface area contributed by atoms with Crippen molar-refractivity contribution in [2.24, 2.45) is 0 Å². The van der Waals surface area contributed by atoms with Crippen LogP contribution in [-0.4, -0.2) is 45.8 Å². The van der Waals surface area contributed by atoms with Crippen molar-refractivity contribution in [2.45, 2.75) is 18.6 Å². The van der Waals surface area contributed by atoms with Crippen molar-refractivity contribution in [3.63, 3.8) is 0 Å². The van der Waals surface area contributed by atoms with Crippen LogP contribution in [0, 0.1) is 5.82 Å². The van der Waals surface area contributed by atoms with E-state index in [2.05, 4.69) is 21.2 Å². The average molecular weight is 347 g/mol. The molecule has 1 saturated heterocycles. The zero-order valence-corrected chi connectivity index (χ0v) is 11.8. The lowest BCUT2D eigenvalue weighted by Crippen LogP contribution is -2.43. The molecule has 0 spiro atoms. The van der Waals surface area contributed by atoms with Crippen LogP contribution in [-0.2, 0) is 4.79 Å². The van der Waals surface area contributed by atoms with Crippen LogP contribution in [0.3, 0.4) is 0 Å². The zero-order valence-electron chi connectivity index (χ0n) is 10.2. The highest BCUT2D eigenvalue weighted by molar-refractivity contribution is 9.10. The number of rotatable bonds is 2. The van der Waals surface area contributed by atoms with Crippen molar-refractivity contribution in [1.29, 1.82) is 0 Å². The van der Waals surface area contributed by atoms with Crippen LogP contribution in [0.4, 0.5) is 14.9 Å². The average Bonchev–Trinajstić information content (AvgIpc) is 2.76. The maximum atomic E-state index is 13.1. The molecule has 0 unspecified atom stereocenters. The van der Waals surface area contributed by atoms with Gasteiger partial charge < -0.3 is 20.4 Å². The molecule has 8 heteroatoms. The van der Waals surface area contributed by atoms with Gasteiger partial charge in [-0.05, 0) is 34.1 Å². The maximum Gasteiger partial charge on any atom is 0.326 e. The van der Waals surface area contributed by atoms with Crippen LogP contribution in [0.5, 0.6) is 0 Å². The molecule has 0 radical (unpaired) electrons. The first-order chi connectivity index (χ1) is 9.38. The van der Waals surface area contributed by atoms with Crippen LogP contribution in [0.1, 0.15) is 6.42 Å². The van der Waals surface area contributed by atoms with Crippen LogP contribution in [0.25, 0.3) is 0 Å². The molecule has 108 valence electrons. The fourth-order valence-corrected chi connectivity index (χ4v) is 2.40. The molecule has 2 atom stereocenters. The lowest BCUT2D eigenvalue weighted by Gasteiger charge is -2.21. The van der Waals surface area contributed by atoms with E-state index >= 15 is 0 Å². The number of nitrogens with one attached hydrogen (secondary N) is 1. The number of urea groups is 1. The Labute approximate surface area is 122 Å². The smallest absolute Gasteiger partial charge is 0.326 e. The third-order valence-corrected chi connectivity index (χ3v) is 3.69. The second kappa shape index (κ2) is 5.76. The number of hydrogen-bond acceptors (Lipinski definition) is 3. The van der Waals surface area contributed by atoms with Crippen molar-refractivity contribution in [2.75, 3.05) is 11.9 Å². The van der Waals surface area contributed by atoms with Crippen LogP contribution in [0.2, 0.25) is 0 Å². The zero-order chi connectivity index (χ0) is 14.9. The van der Waals surface area contributed by atoms with Crippen molar-refractivity contribution in [1.82, 2.24) is 4.90 Å². The van der Waals surface area contributed by atoms with Gasteiger partial charge in [-0.25, -0.2) is 14.0 Å². The number of carbonyl (C=O) groups excluding carboxylic acids is 1. The van der Waals surface area contributed by atoms with Gasteiger partial charge >= 0.3 is 12.0 Å². The summed E-state index contributed by atoms with van der Waals surface area (Å²) in [5, 5.41) is 20.9. The number of likely N-dealkylation sites (tertiary alicyclic amines) is 1. The van der Waals surface area contributed by atoms with E-state index in [9.17, 15) is 19.1 Å². The van der Waals surface area contributed by atoms with Gasteiger partial charge in [-0.15, -0.1) is 0 Å². The summed E-state index contributed by atoms with van der Waals surface area (Å²) in [4.78, 5) is 24.1. The standard InChI is InChI=1S/C12H12BrFN2O4/c13-8-2-1-6(14)3-9(8)15-12(20)16-5-7(17)4-10(16)11(18)19/h1-3,7,10,17H,4-5H2,(H,15,20)(H,18,19)/t7-,10-/m1/s1. The molecule has 3 N–H and O–H groups in total. The van der Waals surface area contributed by atoms with Gasteiger partial charge in [0.2, 0.25) is 0 Å². The minimum Gasteiger partial charge on any atom is -0.480 e. The number of anilines is 1. The lowest BCUT2D eigenvalue weighted by atomic mass is 10.2. The Bertz CT molecular complexity index is 554. The first-order valence-corrected chi connectivity index (χ1v) is 6.61. The summed E-state index contributed by atoms with van der Waals surface area (Å²) < 4.78 is 13.6. The van der Waals surface area contributed by atoms with Gasteiger partial charge in [-0.2, -0.15) is 0 Å². The number of benzene rings is 1. The van der Waals surface area contributed by atoms with E-state index in [0.29, 0.717) is 4.47 Å². The number of halogens is 2. The molecule has 1 fully saturated rings. The summed E-state index contributed by atoms with van der Waals surface area (Å²) in [5.74, 6) is -1.71. The normalized spacial score (nSPS) is 21.9. The Balaban J connectivity index is 2.15. The number of aliphatic hydroxyl groups excluding tert-OH is 1. The molecule has 0 aliphatic carbocycles. The van der Waals surface area contributed by atoms with Crippen LogP contribution in [0.15, 0.2) is 22.7 Å². The van der Waals surface area contributed by atoms with E-state index in [0.717, 1.165) is 11.0 Å². The predicted octanol–water partition coefficient (Wildman–Crippen LogP) is 1.64. The molecule has 0 saturated carbocycles. The van der Waals surface area contributed by atoms with E-state index in [1.807, 2.05) is 0 Å². The number of carbonyl (C=O) groups is 2. The molecular weight excluding hydrogens is 335 g/mol. The number of amides is 2. The molecule has 1 aromatic rings. The van der Waals surface area contributed by atoms with E-state index in [-0.39, 0.29) is 18.7 Å². The molecule has 6 nitrogen and oxygen atoms in total. The number of aliphatic carboxylic acids is 1. The van der Waals surface area contributed by atoms with Gasteiger partial charge in [0.1, 0.15) is 11.9 Å². The van der Waals surface area contributed by atoms with Crippen molar-refractivity contribution in [3.05, 3.63) is 28.5 Å². The quantitative estimate of drug-likeness (QED) is 0.759. The molecular formula is C12H12BrFN2O4. The summed E-state index contributed by atoms with van der Waals surface area (Å²) in [6, 6.07) is 1.99. The molecule has 1 aliphatic rings. The van der Waals surface area contributed by atoms with E-state index < -0.39 is 30.0 Å². The number of carboxylic acid groups (broad SMARTS) is 1. The maximum absolute atomic E-state index is 13.1. The molecule has 1 heterocycles. The summed E-state index contributed by atoms with van der Waals surface area (Å²) in [6.07, 6.45) is -0.898. The van der Waals surface area contributed by atoms with Gasteiger partial charge in [0.15, 0.2) is 0 Å². The third kappa shape index (κ3) is 3.07. The minimum absolute atomic E-state index is 0.0208. The van der Waals surface area contributed by atoms with Gasteiger partial charge in [0.25, 0.3) is 0 Å². The number of hydrogen-bond donors (Lipinski definition) is 3. The Hall–Kier alpha value is -1.67. The van der Waals surface area contributed by atoms with Gasteiger partial charge in [0.05, 0.1) is 11.8 Å². The van der Waals surface area contributed by atoms with E-state index in [4.69, 9.17) is 5.11 Å². The molecule has 2 amide bonds. The molecule has 0 aromatic heterocycles. The molecule has 1 aliphatic heterocycles. The Kier molecular flexibility index (Phi) is 4.24. The summed E-state index contributed by atoms with van der Waals surface area (Å²) >= 11 is 3.16. The van der Waals surface area contributed by atoms with E-state index in [1.165, 1.54) is 12.1 Å². The fourth-order valence-electron chi connectivity index (χ4n) is 2.05. The first-order valence-electron chi connectivity index (χ1n) is 5.82. The lowest BCUT2D eigenvalue weighted by molar-refractivity contribution is -0.141. The Morgan fingerprint density at radius 1 is 1.45 bits per heavy atom. The highest BCUT2D eigenvalue weighted by atomic mass is 79.9. The van der Waals surface area contributed by atoms with Crippen molar-refractivity contribution >= 4 is 33.6 Å². The molecule has 0 bridgehead atoms. The van der Waals surface area contributed by atoms with Gasteiger partial charge in [0, 0.05) is 17.4 Å². The third-order valence-electron chi connectivity index (χ3n) is 2.99. The highest BCUT2D eigenvalue weighted by Gasteiger charge is 2.39. The molecule has 2 rings (SSSR count). The number of carboxylic acids is 1. The van der Waals surface area contributed by atoms with Crippen molar-refractivity contribution in [3.8, 4) is 0 Å². The SMILES string of the molecule is O=C(O)[C@H]1C[C@@H](O)CN1C(=O)Nc1cc(F)ccc1Br. The highest BCUT2D eigenvalue weighted by Crippen LogP contribution is 2.25. The summed E-state index contributed by atoms with van der Waals surface area (Å²) in [6.45, 7) is -0.0737. The fraction of sp³-hybridized carbons (Fsp3) is 0.333. The first kappa shape index (κ1) is 14.7. The summed E-state index contributed by atoms with van der Waals surface area (Å²) in [5.41, 5.74) is 0.195. The minimum atomic E-state index is -1.19. The van der Waals surface area contributed by atoms with Crippen LogP contribution < -0.4 is 5.32 Å². The van der Waals surface area contributed by atoms with Gasteiger partial charge in [-0.1, -0.05) is 0 Å². The largest absolute Gasteiger partial charge is 0.480 e. The number of nitrogens with zero attached hydrogens (tertiary/aromatic N) is 1. The monoisotopic (exact) mass is 346 g/mol. The second-order valence-electron chi connectivity index (χ2n) is 4.45. The predicted molar refractivity (Wildman–Crippen MR) is 71.9 cm³/mol. The molecule has 20 heavy (non-hydrogen) atoms. The molecule has 1 aromatic carbocycles. The number of β-amino-alcohol motifs (C(OH)–C–C–N with tert-alkyl or cyclic N) is 1. The van der Waals surface area contributed by atoms with Gasteiger partial charge in [-0.3, -0.25) is 0 Å². The Morgan fingerprint density at radius 3 is 2.80 bits per heavy atom. The second-order valence-corrected chi connectivity index (χ2v) is 5.30. The van der Waals surface area contributed by atoms with Crippen LogP contribution >= 0.6 is 15.9 Å². The number of aliphatic hydroxyl groups is 1.